The van der Waals surface area contributed by atoms with Crippen molar-refractivity contribution in [3.63, 3.8) is 0 Å². The minimum atomic E-state index is 0.674. The minimum absolute atomic E-state index is 0.674. The summed E-state index contributed by atoms with van der Waals surface area (Å²) < 4.78 is 5.35. The van der Waals surface area contributed by atoms with Gasteiger partial charge in [0.1, 0.15) is 6.33 Å². The monoisotopic (exact) mass is 276 g/mol. The Morgan fingerprint density at radius 2 is 2.05 bits per heavy atom. The zero-order chi connectivity index (χ0) is 13.9. The fraction of sp³-hybridized carbons (Fsp3) is 0.733. The molecular weight excluding hydrogens is 252 g/mol. The van der Waals surface area contributed by atoms with Gasteiger partial charge in [0.05, 0.1) is 7.11 Å². The van der Waals surface area contributed by atoms with Crippen molar-refractivity contribution in [1.82, 2.24) is 19.8 Å². The van der Waals surface area contributed by atoms with Gasteiger partial charge in [-0.3, -0.25) is 4.90 Å². The molecule has 1 aromatic rings. The molecule has 0 N–H and O–H groups in total. The van der Waals surface area contributed by atoms with E-state index in [1.807, 2.05) is 6.20 Å². The predicted octanol–water partition coefficient (Wildman–Crippen LogP) is 1.54. The summed E-state index contributed by atoms with van der Waals surface area (Å²) in [6.07, 6.45) is 8.72. The summed E-state index contributed by atoms with van der Waals surface area (Å²) in [6.45, 7) is 3.32. The summed E-state index contributed by atoms with van der Waals surface area (Å²) in [5.74, 6) is 0.713. The molecule has 2 fully saturated rings. The van der Waals surface area contributed by atoms with Crippen molar-refractivity contribution < 1.29 is 4.74 Å². The van der Waals surface area contributed by atoms with E-state index in [1.54, 1.807) is 13.4 Å². The molecule has 110 valence electrons. The largest absolute Gasteiger partial charge is 0.481 e. The Morgan fingerprint density at radius 1 is 1.25 bits per heavy atom. The fourth-order valence-electron chi connectivity index (χ4n) is 3.76. The lowest BCUT2D eigenvalue weighted by Gasteiger charge is -2.33. The van der Waals surface area contributed by atoms with Gasteiger partial charge in [0.2, 0.25) is 5.88 Å². The first-order chi connectivity index (χ1) is 9.79. The topological polar surface area (TPSA) is 41.5 Å². The lowest BCUT2D eigenvalue weighted by molar-refractivity contribution is 0.145. The van der Waals surface area contributed by atoms with Gasteiger partial charge in [-0.15, -0.1) is 0 Å². The summed E-state index contributed by atoms with van der Waals surface area (Å²) >= 11 is 0. The van der Waals surface area contributed by atoms with Gasteiger partial charge in [0.15, 0.2) is 0 Å². The molecule has 2 aliphatic heterocycles. The van der Waals surface area contributed by atoms with E-state index >= 15 is 0 Å². The molecular formula is C15H24N4O. The normalized spacial score (nSPS) is 28.1. The molecule has 2 aliphatic rings. The minimum Gasteiger partial charge on any atom is -0.481 e. The van der Waals surface area contributed by atoms with Gasteiger partial charge in [0, 0.05) is 30.4 Å². The maximum Gasteiger partial charge on any atom is 0.220 e. The average Bonchev–Trinajstić information content (AvgIpc) is 3.08. The van der Waals surface area contributed by atoms with Crippen LogP contribution in [0.5, 0.6) is 5.88 Å². The number of likely N-dealkylation sites (N-methyl/N-ethyl adjacent to an activating group) is 1. The predicted molar refractivity (Wildman–Crippen MR) is 77.7 cm³/mol. The van der Waals surface area contributed by atoms with Crippen LogP contribution in [0.1, 0.15) is 31.2 Å². The van der Waals surface area contributed by atoms with Gasteiger partial charge in [-0.1, -0.05) is 0 Å². The van der Waals surface area contributed by atoms with Crippen LogP contribution in [0, 0.1) is 0 Å². The number of ether oxygens (including phenoxy) is 1. The van der Waals surface area contributed by atoms with Crippen LogP contribution in [-0.4, -0.2) is 59.1 Å². The molecule has 3 heterocycles. The Kier molecular flexibility index (Phi) is 4.17. The van der Waals surface area contributed by atoms with E-state index in [1.165, 1.54) is 38.8 Å². The molecule has 0 saturated carbocycles. The lowest BCUT2D eigenvalue weighted by atomic mass is 10.0. The zero-order valence-electron chi connectivity index (χ0n) is 12.5. The van der Waals surface area contributed by atoms with Crippen molar-refractivity contribution in [2.45, 2.75) is 44.3 Å². The molecule has 2 unspecified atom stereocenters. The number of likely N-dealkylation sites (tertiary alicyclic amines) is 2. The maximum absolute atomic E-state index is 5.35. The van der Waals surface area contributed by atoms with Crippen LogP contribution in [0.25, 0.3) is 0 Å². The average molecular weight is 276 g/mol. The Labute approximate surface area is 121 Å². The number of hydrogen-bond donors (Lipinski definition) is 0. The summed E-state index contributed by atoms with van der Waals surface area (Å²) in [4.78, 5) is 13.5. The van der Waals surface area contributed by atoms with Crippen molar-refractivity contribution >= 4 is 0 Å². The van der Waals surface area contributed by atoms with Gasteiger partial charge < -0.3 is 9.64 Å². The van der Waals surface area contributed by atoms with E-state index in [0.717, 1.165) is 12.1 Å². The van der Waals surface area contributed by atoms with Crippen LogP contribution in [0.3, 0.4) is 0 Å². The quantitative estimate of drug-likeness (QED) is 0.834. The van der Waals surface area contributed by atoms with Gasteiger partial charge >= 0.3 is 0 Å². The standard InChI is InChI=1S/C15H24N4O/c1-18-7-3-5-13(18)14-6-4-8-19(14)10-12-9-16-11-17-15(12)20-2/h9,11,13-14H,3-8,10H2,1-2H3. The smallest absolute Gasteiger partial charge is 0.220 e. The first kappa shape index (κ1) is 13.8. The van der Waals surface area contributed by atoms with E-state index in [0.29, 0.717) is 18.0 Å². The second kappa shape index (κ2) is 6.06. The van der Waals surface area contributed by atoms with Gasteiger partial charge in [-0.05, 0) is 45.8 Å². The molecule has 0 aliphatic carbocycles. The van der Waals surface area contributed by atoms with Crippen molar-refractivity contribution in [2.24, 2.45) is 0 Å². The number of nitrogens with zero attached hydrogens (tertiary/aromatic N) is 4. The van der Waals surface area contributed by atoms with E-state index in [9.17, 15) is 0 Å². The van der Waals surface area contributed by atoms with Crippen molar-refractivity contribution in [1.29, 1.82) is 0 Å². The van der Waals surface area contributed by atoms with Gasteiger partial charge in [0.25, 0.3) is 0 Å². The second-order valence-electron chi connectivity index (χ2n) is 5.93. The third kappa shape index (κ3) is 2.65. The van der Waals surface area contributed by atoms with E-state index in [4.69, 9.17) is 4.74 Å². The van der Waals surface area contributed by atoms with Crippen LogP contribution in [-0.2, 0) is 6.54 Å². The highest BCUT2D eigenvalue weighted by molar-refractivity contribution is 5.22. The highest BCUT2D eigenvalue weighted by atomic mass is 16.5. The first-order valence-corrected chi connectivity index (χ1v) is 7.56. The van der Waals surface area contributed by atoms with E-state index in [-0.39, 0.29) is 0 Å². The van der Waals surface area contributed by atoms with Crippen LogP contribution < -0.4 is 4.74 Å². The Bertz CT molecular complexity index is 453. The molecule has 3 rings (SSSR count). The van der Waals surface area contributed by atoms with Gasteiger partial charge in [-0.2, -0.15) is 0 Å². The zero-order valence-corrected chi connectivity index (χ0v) is 12.5. The fourth-order valence-corrected chi connectivity index (χ4v) is 3.76. The summed E-state index contributed by atoms with van der Waals surface area (Å²) in [5.41, 5.74) is 1.10. The van der Waals surface area contributed by atoms with Gasteiger partial charge in [-0.25, -0.2) is 9.97 Å². The van der Waals surface area contributed by atoms with Crippen LogP contribution in [0.15, 0.2) is 12.5 Å². The third-order valence-corrected chi connectivity index (χ3v) is 4.75. The SMILES string of the molecule is COc1ncncc1CN1CCCC1C1CCCN1C. The molecule has 0 bridgehead atoms. The number of methoxy groups -OCH3 is 1. The van der Waals surface area contributed by atoms with Crippen LogP contribution in [0.4, 0.5) is 0 Å². The van der Waals surface area contributed by atoms with Crippen LogP contribution >= 0.6 is 0 Å². The van der Waals surface area contributed by atoms with E-state index < -0.39 is 0 Å². The molecule has 5 nitrogen and oxygen atoms in total. The molecule has 1 aromatic heterocycles. The molecule has 2 atom stereocenters. The second-order valence-corrected chi connectivity index (χ2v) is 5.93. The molecule has 5 heteroatoms. The molecule has 0 spiro atoms. The molecule has 20 heavy (non-hydrogen) atoms. The first-order valence-electron chi connectivity index (χ1n) is 7.56. The Morgan fingerprint density at radius 3 is 2.80 bits per heavy atom. The molecule has 2 saturated heterocycles. The number of aromatic nitrogens is 2. The van der Waals surface area contributed by atoms with Crippen molar-refractivity contribution in [3.8, 4) is 5.88 Å². The molecule has 0 amide bonds. The van der Waals surface area contributed by atoms with Crippen molar-refractivity contribution in [3.05, 3.63) is 18.1 Å². The van der Waals surface area contributed by atoms with Crippen molar-refractivity contribution in [2.75, 3.05) is 27.2 Å². The number of hydrogen-bond acceptors (Lipinski definition) is 5. The lowest BCUT2D eigenvalue weighted by Crippen LogP contribution is -2.44. The summed E-state index contributed by atoms with van der Waals surface area (Å²) in [6, 6.07) is 1.39. The highest BCUT2D eigenvalue weighted by Crippen LogP contribution is 2.30. The van der Waals surface area contributed by atoms with E-state index in [2.05, 4.69) is 26.8 Å². The molecule has 0 radical (unpaired) electrons. The number of rotatable bonds is 4. The summed E-state index contributed by atoms with van der Waals surface area (Å²) in [7, 11) is 3.94. The maximum atomic E-state index is 5.35. The Hall–Kier alpha value is -1.20. The third-order valence-electron chi connectivity index (χ3n) is 4.75. The van der Waals surface area contributed by atoms with Crippen LogP contribution in [0.2, 0.25) is 0 Å². The Balaban J connectivity index is 1.72. The molecule has 0 aromatic carbocycles. The summed E-state index contributed by atoms with van der Waals surface area (Å²) in [5, 5.41) is 0. The highest BCUT2D eigenvalue weighted by Gasteiger charge is 2.36.